The minimum atomic E-state index is -5.01. The highest BCUT2D eigenvalue weighted by Gasteiger charge is 2.58. The van der Waals surface area contributed by atoms with Gasteiger partial charge in [-0.25, -0.2) is 4.98 Å². The van der Waals surface area contributed by atoms with Gasteiger partial charge in [0.15, 0.2) is 5.82 Å². The van der Waals surface area contributed by atoms with Crippen LogP contribution in [0.2, 0.25) is 0 Å². The highest BCUT2D eigenvalue weighted by molar-refractivity contribution is 5.77. The molecular weight excluding hydrogens is 287 g/mol. The van der Waals surface area contributed by atoms with Crippen molar-refractivity contribution in [3.63, 3.8) is 0 Å². The summed E-state index contributed by atoms with van der Waals surface area (Å²) in [5.41, 5.74) is -3.31. The lowest BCUT2D eigenvalue weighted by Crippen LogP contribution is -2.49. The van der Waals surface area contributed by atoms with Gasteiger partial charge in [0.2, 0.25) is 11.5 Å². The van der Waals surface area contributed by atoms with Gasteiger partial charge in [-0.3, -0.25) is 4.79 Å². The van der Waals surface area contributed by atoms with Crippen LogP contribution in [0.4, 0.5) is 13.2 Å². The van der Waals surface area contributed by atoms with Crippen molar-refractivity contribution in [3.8, 4) is 0 Å². The topological polar surface area (TPSA) is 67.2 Å². The van der Waals surface area contributed by atoms with E-state index in [1.165, 1.54) is 13.2 Å². The number of hydrogen-bond acceptors (Lipinski definition) is 3. The van der Waals surface area contributed by atoms with Crippen LogP contribution in [0, 0.1) is 5.92 Å². The first-order valence-electron chi connectivity index (χ1n) is 6.55. The van der Waals surface area contributed by atoms with Crippen molar-refractivity contribution >= 4 is 5.91 Å². The Kier molecular flexibility index (Phi) is 5.03. The van der Waals surface area contributed by atoms with E-state index in [2.05, 4.69) is 10.3 Å². The van der Waals surface area contributed by atoms with Crippen molar-refractivity contribution in [3.05, 3.63) is 18.2 Å². The zero-order chi connectivity index (χ0) is 16.4. The van der Waals surface area contributed by atoms with E-state index in [1.807, 2.05) is 13.8 Å². The predicted octanol–water partition coefficient (Wildman–Crippen LogP) is 1.72. The number of aryl methyl sites for hydroxylation is 1. The van der Waals surface area contributed by atoms with E-state index in [0.717, 1.165) is 10.8 Å². The Balaban J connectivity index is 3.01. The third-order valence-electron chi connectivity index (χ3n) is 3.47. The Morgan fingerprint density at radius 1 is 1.43 bits per heavy atom. The van der Waals surface area contributed by atoms with Crippen LogP contribution >= 0.6 is 0 Å². The van der Waals surface area contributed by atoms with Gasteiger partial charge in [-0.05, 0) is 12.8 Å². The maximum absolute atomic E-state index is 13.2. The third kappa shape index (κ3) is 3.75. The molecule has 0 aromatic carbocycles. The van der Waals surface area contributed by atoms with Crippen molar-refractivity contribution in [2.24, 2.45) is 13.0 Å². The number of imidazole rings is 1. The van der Waals surface area contributed by atoms with Crippen LogP contribution in [0.5, 0.6) is 0 Å². The number of halogens is 3. The van der Waals surface area contributed by atoms with Crippen LogP contribution in [0.3, 0.4) is 0 Å². The molecule has 0 bridgehead atoms. The number of rotatable bonds is 5. The van der Waals surface area contributed by atoms with Gasteiger partial charge in [0.25, 0.3) is 0 Å². The molecule has 2 N–H and O–H groups in total. The van der Waals surface area contributed by atoms with Crippen LogP contribution < -0.4 is 5.32 Å². The number of carbonyl (C=O) groups excluding carboxylic acids is 1. The average Bonchev–Trinajstić information content (AvgIpc) is 2.73. The maximum Gasteiger partial charge on any atom is 0.425 e. The van der Waals surface area contributed by atoms with Crippen molar-refractivity contribution in [1.82, 2.24) is 14.9 Å². The Labute approximate surface area is 121 Å². The highest BCUT2D eigenvalue weighted by atomic mass is 19.4. The number of hydrogen-bond donors (Lipinski definition) is 2. The average molecular weight is 307 g/mol. The molecule has 1 rings (SSSR count). The first-order valence-corrected chi connectivity index (χ1v) is 6.55. The van der Waals surface area contributed by atoms with Gasteiger partial charge >= 0.3 is 6.18 Å². The summed E-state index contributed by atoms with van der Waals surface area (Å²) in [5.74, 6) is -1.41. The molecule has 0 saturated heterocycles. The fourth-order valence-corrected chi connectivity index (χ4v) is 1.77. The van der Waals surface area contributed by atoms with E-state index in [9.17, 15) is 23.1 Å². The van der Waals surface area contributed by atoms with Gasteiger partial charge in [0.1, 0.15) is 0 Å². The Morgan fingerprint density at radius 3 is 2.38 bits per heavy atom. The second-order valence-electron chi connectivity index (χ2n) is 5.50. The molecule has 2 atom stereocenters. The largest absolute Gasteiger partial charge is 0.425 e. The van der Waals surface area contributed by atoms with Gasteiger partial charge < -0.3 is 15.0 Å². The van der Waals surface area contributed by atoms with Gasteiger partial charge in [-0.15, -0.1) is 0 Å². The van der Waals surface area contributed by atoms with E-state index in [4.69, 9.17) is 0 Å². The first-order chi connectivity index (χ1) is 9.49. The van der Waals surface area contributed by atoms with E-state index in [-0.39, 0.29) is 12.0 Å². The summed E-state index contributed by atoms with van der Waals surface area (Å²) in [6.45, 7) is 5.36. The molecule has 120 valence electrons. The summed E-state index contributed by atoms with van der Waals surface area (Å²) >= 11 is 0. The summed E-state index contributed by atoms with van der Waals surface area (Å²) in [5, 5.41) is 12.5. The molecule has 8 heteroatoms. The van der Waals surface area contributed by atoms with E-state index >= 15 is 0 Å². The summed E-state index contributed by atoms with van der Waals surface area (Å²) in [6.07, 6.45) is -3.72. The molecule has 1 amide bonds. The number of nitrogens with zero attached hydrogens (tertiary/aromatic N) is 2. The first kappa shape index (κ1) is 17.5. The van der Waals surface area contributed by atoms with Crippen molar-refractivity contribution in [2.45, 2.75) is 45.0 Å². The molecule has 0 aliphatic rings. The zero-order valence-electron chi connectivity index (χ0n) is 12.4. The van der Waals surface area contributed by atoms with E-state index in [1.54, 1.807) is 6.92 Å². The molecule has 0 aliphatic carbocycles. The van der Waals surface area contributed by atoms with Crippen LogP contribution in [-0.2, 0) is 17.4 Å². The standard InChI is InChI=1S/C13H20F3N3O2/c1-8(2)9(3)18-10(20)7-12(21,13(14,15)16)11-17-5-6-19(11)4/h5-6,8-9,21H,7H2,1-4H3,(H,18,20). The van der Waals surface area contributed by atoms with Crippen LogP contribution in [-0.4, -0.2) is 32.8 Å². The van der Waals surface area contributed by atoms with Crippen molar-refractivity contribution < 1.29 is 23.1 Å². The van der Waals surface area contributed by atoms with Crippen LogP contribution in [0.15, 0.2) is 12.4 Å². The van der Waals surface area contributed by atoms with Gasteiger partial charge in [-0.2, -0.15) is 13.2 Å². The second-order valence-corrected chi connectivity index (χ2v) is 5.50. The number of aromatic nitrogens is 2. The fraction of sp³-hybridized carbons (Fsp3) is 0.692. The molecule has 0 spiro atoms. The minimum Gasteiger partial charge on any atom is -0.374 e. The number of aliphatic hydroxyl groups is 1. The molecule has 0 fully saturated rings. The smallest absolute Gasteiger partial charge is 0.374 e. The quantitative estimate of drug-likeness (QED) is 0.870. The van der Waals surface area contributed by atoms with E-state index in [0.29, 0.717) is 0 Å². The Hall–Kier alpha value is -1.57. The molecule has 1 aromatic rings. The fourth-order valence-electron chi connectivity index (χ4n) is 1.77. The van der Waals surface area contributed by atoms with Crippen molar-refractivity contribution in [2.75, 3.05) is 0 Å². The number of carbonyl (C=O) groups is 1. The van der Waals surface area contributed by atoms with Crippen LogP contribution in [0.1, 0.15) is 33.0 Å². The normalized spacial score (nSPS) is 16.6. The number of amides is 1. The molecule has 1 heterocycles. The van der Waals surface area contributed by atoms with Crippen molar-refractivity contribution in [1.29, 1.82) is 0 Å². The molecule has 5 nitrogen and oxygen atoms in total. The highest BCUT2D eigenvalue weighted by Crippen LogP contribution is 2.40. The monoisotopic (exact) mass is 307 g/mol. The lowest BCUT2D eigenvalue weighted by atomic mass is 9.96. The van der Waals surface area contributed by atoms with E-state index < -0.39 is 29.9 Å². The second kappa shape index (κ2) is 6.05. The summed E-state index contributed by atoms with van der Waals surface area (Å²) in [7, 11) is 1.33. The molecule has 0 radical (unpaired) electrons. The molecular formula is C13H20F3N3O2. The molecule has 2 unspecified atom stereocenters. The summed E-state index contributed by atoms with van der Waals surface area (Å²) in [4.78, 5) is 15.4. The zero-order valence-corrected chi connectivity index (χ0v) is 12.4. The SMILES string of the molecule is CC(C)C(C)NC(=O)CC(O)(c1nccn1C)C(F)(F)F. The summed E-state index contributed by atoms with van der Waals surface area (Å²) in [6, 6.07) is -0.295. The third-order valence-corrected chi connectivity index (χ3v) is 3.47. The Bertz CT molecular complexity index is 499. The Morgan fingerprint density at radius 2 is 2.00 bits per heavy atom. The lowest BCUT2D eigenvalue weighted by molar-refractivity contribution is -0.271. The lowest BCUT2D eigenvalue weighted by Gasteiger charge is -2.30. The number of nitrogens with one attached hydrogen (secondary N) is 1. The molecule has 1 aromatic heterocycles. The van der Waals surface area contributed by atoms with Gasteiger partial charge in [-0.1, -0.05) is 13.8 Å². The molecule has 21 heavy (non-hydrogen) atoms. The van der Waals surface area contributed by atoms with Gasteiger partial charge in [0.05, 0.1) is 6.42 Å². The van der Waals surface area contributed by atoms with Gasteiger partial charge in [0, 0.05) is 25.5 Å². The number of alkyl halides is 3. The minimum absolute atomic E-state index is 0.0705. The predicted molar refractivity (Wildman–Crippen MR) is 70.2 cm³/mol. The summed E-state index contributed by atoms with van der Waals surface area (Å²) < 4.78 is 40.7. The molecule has 0 saturated carbocycles. The maximum atomic E-state index is 13.2. The molecule has 0 aliphatic heterocycles. The van der Waals surface area contributed by atoms with Crippen LogP contribution in [0.25, 0.3) is 0 Å².